The smallest absolute Gasteiger partial charge is 0.238 e. The molecule has 0 saturated heterocycles. The van der Waals surface area contributed by atoms with Crippen molar-refractivity contribution < 1.29 is 14.3 Å². The van der Waals surface area contributed by atoms with Crippen LogP contribution < -0.4 is 20.5 Å². The highest BCUT2D eigenvalue weighted by Crippen LogP contribution is 2.32. The van der Waals surface area contributed by atoms with Crippen molar-refractivity contribution in [1.82, 2.24) is 4.90 Å². The summed E-state index contributed by atoms with van der Waals surface area (Å²) in [6.07, 6.45) is 0. The molecule has 132 valence electrons. The summed E-state index contributed by atoms with van der Waals surface area (Å²) in [4.78, 5) is 14.4. The number of amides is 1. The van der Waals surface area contributed by atoms with Crippen molar-refractivity contribution in [1.29, 1.82) is 0 Å². The number of hydrogen-bond acceptors (Lipinski definition) is 5. The zero-order chi connectivity index (χ0) is 17.6. The number of nitrogens with two attached hydrogens (primary N) is 1. The van der Waals surface area contributed by atoms with E-state index in [9.17, 15) is 4.79 Å². The summed E-state index contributed by atoms with van der Waals surface area (Å²) >= 11 is 0. The maximum Gasteiger partial charge on any atom is 0.238 e. The topological polar surface area (TPSA) is 76.8 Å². The van der Waals surface area contributed by atoms with Crippen molar-refractivity contribution in [2.75, 3.05) is 37.4 Å². The average Bonchev–Trinajstić information content (AvgIpc) is 2.61. The third kappa shape index (κ3) is 4.64. The molecule has 1 aliphatic heterocycles. The highest BCUT2D eigenvalue weighted by Gasteiger charge is 2.14. The number of likely N-dealkylation sites (N-methyl/N-ethyl adjacent to an activating group) is 1. The maximum absolute atomic E-state index is 12.4. The Labute approximate surface area is 147 Å². The van der Waals surface area contributed by atoms with Gasteiger partial charge in [-0.1, -0.05) is 19.1 Å². The van der Waals surface area contributed by atoms with Gasteiger partial charge in [-0.2, -0.15) is 0 Å². The van der Waals surface area contributed by atoms with E-state index < -0.39 is 0 Å². The molecule has 1 aliphatic rings. The summed E-state index contributed by atoms with van der Waals surface area (Å²) in [7, 11) is 0. The molecule has 3 N–H and O–H groups in total. The number of rotatable bonds is 6. The molecule has 0 atom stereocenters. The van der Waals surface area contributed by atoms with Gasteiger partial charge in [0.25, 0.3) is 0 Å². The van der Waals surface area contributed by atoms with E-state index in [0.717, 1.165) is 17.8 Å². The molecule has 2 aromatic carbocycles. The van der Waals surface area contributed by atoms with Gasteiger partial charge in [-0.05, 0) is 36.4 Å². The quantitative estimate of drug-likeness (QED) is 0.790. The summed E-state index contributed by atoms with van der Waals surface area (Å²) in [6, 6.07) is 13.1. The normalized spacial score (nSPS) is 12.9. The van der Waals surface area contributed by atoms with E-state index in [0.29, 0.717) is 43.5 Å². The van der Waals surface area contributed by atoms with Crippen molar-refractivity contribution in [3.63, 3.8) is 0 Å². The number of nitrogen functional groups attached to an aromatic ring is 1. The van der Waals surface area contributed by atoms with Gasteiger partial charge in [0.05, 0.1) is 6.54 Å². The lowest BCUT2D eigenvalue weighted by Gasteiger charge is -2.21. The number of fused-ring (bicyclic) bond motifs is 1. The van der Waals surface area contributed by atoms with Gasteiger partial charge >= 0.3 is 0 Å². The minimum Gasteiger partial charge on any atom is -0.486 e. The van der Waals surface area contributed by atoms with Crippen molar-refractivity contribution in [3.8, 4) is 11.5 Å². The van der Waals surface area contributed by atoms with Gasteiger partial charge in [-0.15, -0.1) is 0 Å². The molecule has 0 unspecified atom stereocenters. The van der Waals surface area contributed by atoms with Gasteiger partial charge in [-0.25, -0.2) is 0 Å². The molecule has 0 bridgehead atoms. The van der Waals surface area contributed by atoms with Crippen LogP contribution in [0.5, 0.6) is 11.5 Å². The molecule has 1 heterocycles. The molecule has 1 amide bonds. The van der Waals surface area contributed by atoms with Crippen LogP contribution in [0.4, 0.5) is 11.4 Å². The molecule has 0 aromatic heterocycles. The van der Waals surface area contributed by atoms with Gasteiger partial charge in [0.1, 0.15) is 13.2 Å². The van der Waals surface area contributed by atoms with Crippen LogP contribution in [0.15, 0.2) is 42.5 Å². The lowest BCUT2D eigenvalue weighted by molar-refractivity contribution is -0.117. The molecule has 6 nitrogen and oxygen atoms in total. The number of carbonyl (C=O) groups excluding carboxylic acids is 1. The number of nitrogens with zero attached hydrogens (tertiary/aromatic N) is 1. The summed E-state index contributed by atoms with van der Waals surface area (Å²) in [5, 5.41) is 2.91. The van der Waals surface area contributed by atoms with E-state index in [1.54, 1.807) is 6.07 Å². The van der Waals surface area contributed by atoms with Crippen molar-refractivity contribution >= 4 is 17.3 Å². The first-order chi connectivity index (χ1) is 12.1. The Hall–Kier alpha value is -2.73. The van der Waals surface area contributed by atoms with Crippen LogP contribution in [0.2, 0.25) is 0 Å². The van der Waals surface area contributed by atoms with Crippen LogP contribution in [-0.4, -0.2) is 37.1 Å². The first-order valence-corrected chi connectivity index (χ1v) is 8.40. The van der Waals surface area contributed by atoms with Crippen LogP contribution in [0, 0.1) is 0 Å². The average molecular weight is 341 g/mol. The zero-order valence-electron chi connectivity index (χ0n) is 14.3. The molecule has 3 rings (SSSR count). The Morgan fingerprint density at radius 1 is 1.16 bits per heavy atom. The Morgan fingerprint density at radius 3 is 2.72 bits per heavy atom. The fraction of sp³-hybridized carbons (Fsp3) is 0.316. The van der Waals surface area contributed by atoms with Crippen molar-refractivity contribution in [2.45, 2.75) is 13.5 Å². The van der Waals surface area contributed by atoms with Crippen LogP contribution in [0.1, 0.15) is 12.5 Å². The largest absolute Gasteiger partial charge is 0.486 e. The van der Waals surface area contributed by atoms with Crippen LogP contribution in [0.3, 0.4) is 0 Å². The lowest BCUT2D eigenvalue weighted by Crippen LogP contribution is -2.32. The second-order valence-electron chi connectivity index (χ2n) is 5.95. The van der Waals surface area contributed by atoms with Gasteiger partial charge in [0, 0.05) is 24.0 Å². The fourth-order valence-corrected chi connectivity index (χ4v) is 2.75. The molecule has 0 aliphatic carbocycles. The Bertz CT molecular complexity index is 748. The second kappa shape index (κ2) is 7.90. The van der Waals surface area contributed by atoms with Gasteiger partial charge in [-0.3, -0.25) is 9.69 Å². The van der Waals surface area contributed by atoms with Crippen molar-refractivity contribution in [3.05, 3.63) is 48.0 Å². The third-order valence-corrected chi connectivity index (χ3v) is 4.00. The van der Waals surface area contributed by atoms with E-state index in [-0.39, 0.29) is 5.91 Å². The van der Waals surface area contributed by atoms with E-state index >= 15 is 0 Å². The fourth-order valence-electron chi connectivity index (χ4n) is 2.75. The minimum absolute atomic E-state index is 0.0672. The first kappa shape index (κ1) is 17.1. The van der Waals surface area contributed by atoms with E-state index in [4.69, 9.17) is 15.2 Å². The highest BCUT2D eigenvalue weighted by molar-refractivity contribution is 5.92. The molecule has 6 heteroatoms. The lowest BCUT2D eigenvalue weighted by atomic mass is 10.2. The van der Waals surface area contributed by atoms with E-state index in [1.807, 2.05) is 43.3 Å². The number of hydrogen-bond donors (Lipinski definition) is 2. The predicted molar refractivity (Wildman–Crippen MR) is 97.9 cm³/mol. The molecular weight excluding hydrogens is 318 g/mol. The summed E-state index contributed by atoms with van der Waals surface area (Å²) in [6.45, 7) is 4.85. The predicted octanol–water partition coefficient (Wildman–Crippen LogP) is 2.50. The van der Waals surface area contributed by atoms with Crippen LogP contribution in [-0.2, 0) is 11.3 Å². The second-order valence-corrected chi connectivity index (χ2v) is 5.95. The molecular formula is C19H23N3O3. The number of benzene rings is 2. The minimum atomic E-state index is -0.0672. The van der Waals surface area contributed by atoms with Gasteiger partial charge < -0.3 is 20.5 Å². The molecule has 0 fully saturated rings. The molecule has 0 radical (unpaired) electrons. The first-order valence-electron chi connectivity index (χ1n) is 8.40. The standard InChI is InChI=1S/C19H23N3O3/c1-2-22(12-14-4-3-5-15(20)10-14)13-19(23)21-16-6-7-17-18(11-16)25-9-8-24-17/h3-7,10-11H,2,8-9,12-13,20H2,1H3,(H,21,23). The number of nitrogens with one attached hydrogen (secondary N) is 1. The monoisotopic (exact) mass is 341 g/mol. The van der Waals surface area contributed by atoms with E-state index in [2.05, 4.69) is 10.2 Å². The van der Waals surface area contributed by atoms with E-state index in [1.165, 1.54) is 0 Å². The van der Waals surface area contributed by atoms with Crippen LogP contribution in [0.25, 0.3) is 0 Å². The van der Waals surface area contributed by atoms with Crippen molar-refractivity contribution in [2.24, 2.45) is 0 Å². The number of anilines is 2. The molecule has 0 saturated carbocycles. The Kier molecular flexibility index (Phi) is 5.40. The molecule has 0 spiro atoms. The molecule has 2 aromatic rings. The number of ether oxygens (including phenoxy) is 2. The van der Waals surface area contributed by atoms with Gasteiger partial charge in [0.15, 0.2) is 11.5 Å². The number of carbonyl (C=O) groups is 1. The molecule has 25 heavy (non-hydrogen) atoms. The summed E-state index contributed by atoms with van der Waals surface area (Å²) < 4.78 is 11.0. The van der Waals surface area contributed by atoms with Crippen LogP contribution >= 0.6 is 0 Å². The highest BCUT2D eigenvalue weighted by atomic mass is 16.6. The van der Waals surface area contributed by atoms with Gasteiger partial charge in [0.2, 0.25) is 5.91 Å². The Morgan fingerprint density at radius 2 is 1.96 bits per heavy atom. The third-order valence-electron chi connectivity index (χ3n) is 4.00. The SMILES string of the molecule is CCN(CC(=O)Nc1ccc2c(c1)OCCO2)Cc1cccc(N)c1. The Balaban J connectivity index is 1.59. The summed E-state index contributed by atoms with van der Waals surface area (Å²) in [5.74, 6) is 1.31. The maximum atomic E-state index is 12.4. The zero-order valence-corrected chi connectivity index (χ0v) is 14.3. The summed E-state index contributed by atoms with van der Waals surface area (Å²) in [5.41, 5.74) is 8.34.